The highest BCUT2D eigenvalue weighted by atomic mass is 16.5. The van der Waals surface area contributed by atoms with E-state index in [-0.39, 0.29) is 5.76 Å². The van der Waals surface area contributed by atoms with Gasteiger partial charge < -0.3 is 14.1 Å². The van der Waals surface area contributed by atoms with Crippen LogP contribution in [0.25, 0.3) is 11.0 Å². The first-order valence-corrected chi connectivity index (χ1v) is 6.56. The van der Waals surface area contributed by atoms with Crippen LogP contribution in [-0.2, 0) is 4.74 Å². The third kappa shape index (κ3) is 3.35. The Morgan fingerprint density at radius 2 is 2.11 bits per heavy atom. The zero-order valence-electron chi connectivity index (χ0n) is 11.6. The minimum atomic E-state index is -0.396. The molecule has 4 nitrogen and oxygen atoms in total. The molecule has 0 fully saturated rings. The molecular formula is C15H20NO3+. The Morgan fingerprint density at radius 3 is 2.79 bits per heavy atom. The minimum absolute atomic E-state index is 0.267. The smallest absolute Gasteiger partial charge is 0.374 e. The fraction of sp³-hybridized carbons (Fsp3) is 0.400. The Morgan fingerprint density at radius 1 is 1.37 bits per heavy atom. The lowest BCUT2D eigenvalue weighted by Gasteiger charge is -2.17. The fourth-order valence-corrected chi connectivity index (χ4v) is 1.75. The zero-order chi connectivity index (χ0) is 13.8. The van der Waals surface area contributed by atoms with Gasteiger partial charge in [-0.25, -0.2) is 4.79 Å². The molecule has 1 aromatic heterocycles. The normalized spacial score (nSPS) is 12.8. The Hall–Kier alpha value is -1.81. The minimum Gasteiger partial charge on any atom is -0.454 e. The largest absolute Gasteiger partial charge is 0.454 e. The Balaban J connectivity index is 1.93. The molecule has 2 rings (SSSR count). The van der Waals surface area contributed by atoms with Crippen molar-refractivity contribution in [1.82, 2.24) is 0 Å². The summed E-state index contributed by atoms with van der Waals surface area (Å²) in [5, 5.41) is 0.916. The number of furan rings is 1. The predicted octanol–water partition coefficient (Wildman–Crippen LogP) is 1.51. The standard InChI is InChI=1S/C15H19NO3/c1-11(2)16(3)8-9-18-15(17)14-10-12-6-4-5-7-13(12)19-14/h4-7,10-11H,8-9H2,1-3H3/p+1. The van der Waals surface area contributed by atoms with Crippen molar-refractivity contribution >= 4 is 16.9 Å². The van der Waals surface area contributed by atoms with Gasteiger partial charge >= 0.3 is 5.97 Å². The van der Waals surface area contributed by atoms with E-state index in [4.69, 9.17) is 9.15 Å². The number of quaternary nitrogens is 1. The van der Waals surface area contributed by atoms with Crippen LogP contribution in [-0.4, -0.2) is 32.2 Å². The van der Waals surface area contributed by atoms with Crippen molar-refractivity contribution in [2.75, 3.05) is 20.2 Å². The van der Waals surface area contributed by atoms with Gasteiger partial charge in [-0.2, -0.15) is 0 Å². The average Bonchev–Trinajstić information content (AvgIpc) is 2.82. The highest BCUT2D eigenvalue weighted by molar-refractivity contribution is 5.92. The number of carbonyl (C=O) groups excluding carboxylic acids is 1. The van der Waals surface area contributed by atoms with E-state index in [1.807, 2.05) is 24.3 Å². The molecule has 0 saturated heterocycles. The van der Waals surface area contributed by atoms with E-state index in [0.29, 0.717) is 18.2 Å². The first kappa shape index (κ1) is 13.6. The van der Waals surface area contributed by atoms with Crippen LogP contribution >= 0.6 is 0 Å². The van der Waals surface area contributed by atoms with E-state index in [1.54, 1.807) is 6.07 Å². The first-order chi connectivity index (χ1) is 9.08. The maximum Gasteiger partial charge on any atom is 0.374 e. The quantitative estimate of drug-likeness (QED) is 0.831. The highest BCUT2D eigenvalue weighted by Crippen LogP contribution is 2.19. The molecule has 1 unspecified atom stereocenters. The van der Waals surface area contributed by atoms with Gasteiger partial charge in [-0.1, -0.05) is 18.2 Å². The van der Waals surface area contributed by atoms with Crippen LogP contribution in [0.3, 0.4) is 0 Å². The molecule has 1 N–H and O–H groups in total. The summed E-state index contributed by atoms with van der Waals surface area (Å²) < 4.78 is 10.7. The van der Waals surface area contributed by atoms with E-state index in [1.165, 1.54) is 4.90 Å². The van der Waals surface area contributed by atoms with Crippen molar-refractivity contribution in [2.45, 2.75) is 19.9 Å². The molecular weight excluding hydrogens is 242 g/mol. The topological polar surface area (TPSA) is 43.9 Å². The number of hydrogen-bond acceptors (Lipinski definition) is 3. The Kier molecular flexibility index (Phi) is 4.22. The lowest BCUT2D eigenvalue weighted by Crippen LogP contribution is -3.12. The molecule has 1 atom stereocenters. The molecule has 102 valence electrons. The number of esters is 1. The number of likely N-dealkylation sites (N-methyl/N-ethyl adjacent to an activating group) is 1. The number of fused-ring (bicyclic) bond motifs is 1. The number of nitrogens with one attached hydrogen (secondary N) is 1. The van der Waals surface area contributed by atoms with Gasteiger partial charge in [0.1, 0.15) is 18.7 Å². The maximum absolute atomic E-state index is 11.8. The lowest BCUT2D eigenvalue weighted by molar-refractivity contribution is -0.901. The number of rotatable bonds is 5. The summed E-state index contributed by atoms with van der Waals surface area (Å²) in [6, 6.07) is 9.77. The summed E-state index contributed by atoms with van der Waals surface area (Å²) in [4.78, 5) is 13.2. The molecule has 19 heavy (non-hydrogen) atoms. The van der Waals surface area contributed by atoms with Gasteiger partial charge in [-0.3, -0.25) is 0 Å². The molecule has 4 heteroatoms. The number of ether oxygens (including phenoxy) is 1. The molecule has 0 saturated carbocycles. The molecule has 0 aliphatic carbocycles. The number of hydrogen-bond donors (Lipinski definition) is 1. The van der Waals surface area contributed by atoms with Crippen LogP contribution in [0.5, 0.6) is 0 Å². The van der Waals surface area contributed by atoms with E-state index in [2.05, 4.69) is 20.9 Å². The van der Waals surface area contributed by atoms with Gasteiger partial charge in [0.25, 0.3) is 0 Å². The number of benzene rings is 1. The van der Waals surface area contributed by atoms with Gasteiger partial charge in [-0.05, 0) is 26.0 Å². The second kappa shape index (κ2) is 5.89. The summed E-state index contributed by atoms with van der Waals surface area (Å²) in [5.41, 5.74) is 0.708. The summed E-state index contributed by atoms with van der Waals surface area (Å²) in [6.07, 6.45) is 0. The molecule has 0 bridgehead atoms. The Bertz CT molecular complexity index is 526. The van der Waals surface area contributed by atoms with Crippen molar-refractivity contribution in [1.29, 1.82) is 0 Å². The average molecular weight is 262 g/mol. The summed E-state index contributed by atoms with van der Waals surface area (Å²) >= 11 is 0. The molecule has 1 aromatic carbocycles. The van der Waals surface area contributed by atoms with Crippen molar-refractivity contribution in [3.8, 4) is 0 Å². The van der Waals surface area contributed by atoms with E-state index < -0.39 is 5.97 Å². The molecule has 0 amide bonds. The second-order valence-electron chi connectivity index (χ2n) is 5.04. The van der Waals surface area contributed by atoms with Crippen LogP contribution in [0.2, 0.25) is 0 Å². The SMILES string of the molecule is CC(C)[NH+](C)CCOC(=O)c1cc2ccccc2o1. The van der Waals surface area contributed by atoms with E-state index >= 15 is 0 Å². The third-order valence-corrected chi connectivity index (χ3v) is 3.34. The van der Waals surface area contributed by atoms with Crippen LogP contribution in [0.1, 0.15) is 24.4 Å². The van der Waals surface area contributed by atoms with E-state index in [9.17, 15) is 4.79 Å². The van der Waals surface area contributed by atoms with Crippen LogP contribution in [0.4, 0.5) is 0 Å². The summed E-state index contributed by atoms with van der Waals surface area (Å²) in [6.45, 7) is 5.47. The monoisotopic (exact) mass is 262 g/mol. The second-order valence-corrected chi connectivity index (χ2v) is 5.04. The van der Waals surface area contributed by atoms with Gasteiger partial charge in [0.05, 0.1) is 13.1 Å². The molecule has 0 aliphatic heterocycles. The molecule has 2 aromatic rings. The van der Waals surface area contributed by atoms with Crippen molar-refractivity contribution < 1.29 is 18.8 Å². The van der Waals surface area contributed by atoms with Crippen molar-refractivity contribution in [3.05, 3.63) is 36.1 Å². The maximum atomic E-state index is 11.8. The van der Waals surface area contributed by atoms with Crippen LogP contribution in [0, 0.1) is 0 Å². The Labute approximate surface area is 112 Å². The van der Waals surface area contributed by atoms with Crippen LogP contribution < -0.4 is 4.90 Å². The molecule has 0 spiro atoms. The first-order valence-electron chi connectivity index (χ1n) is 6.56. The predicted molar refractivity (Wildman–Crippen MR) is 73.4 cm³/mol. The molecule has 0 radical (unpaired) electrons. The van der Waals surface area contributed by atoms with Gasteiger partial charge in [0, 0.05) is 5.39 Å². The summed E-state index contributed by atoms with van der Waals surface area (Å²) in [7, 11) is 2.08. The van der Waals surface area contributed by atoms with Crippen molar-refractivity contribution in [3.63, 3.8) is 0 Å². The van der Waals surface area contributed by atoms with Crippen molar-refractivity contribution in [2.24, 2.45) is 0 Å². The summed E-state index contributed by atoms with van der Waals surface area (Å²) in [5.74, 6) is -0.129. The lowest BCUT2D eigenvalue weighted by atomic mass is 10.2. The van der Waals surface area contributed by atoms with E-state index in [0.717, 1.165) is 11.9 Å². The van der Waals surface area contributed by atoms with Gasteiger partial charge in [-0.15, -0.1) is 0 Å². The molecule has 1 heterocycles. The number of para-hydroxylation sites is 1. The fourth-order valence-electron chi connectivity index (χ4n) is 1.75. The number of carbonyl (C=O) groups is 1. The molecule has 0 aliphatic rings. The van der Waals surface area contributed by atoms with Gasteiger partial charge in [0.15, 0.2) is 0 Å². The van der Waals surface area contributed by atoms with Gasteiger partial charge in [0.2, 0.25) is 5.76 Å². The van der Waals surface area contributed by atoms with Crippen LogP contribution in [0.15, 0.2) is 34.7 Å². The highest BCUT2D eigenvalue weighted by Gasteiger charge is 2.14. The third-order valence-electron chi connectivity index (χ3n) is 3.34. The zero-order valence-corrected chi connectivity index (χ0v) is 11.6.